The van der Waals surface area contributed by atoms with Crippen LogP contribution in [0, 0.1) is 0 Å². The molecule has 0 fully saturated rings. The lowest BCUT2D eigenvalue weighted by atomic mass is 10.00. The molecule has 1 aromatic rings. The van der Waals surface area contributed by atoms with Gasteiger partial charge < -0.3 is 29.4 Å². The Morgan fingerprint density at radius 1 is 0.704 bits per heavy atom. The van der Waals surface area contributed by atoms with E-state index in [4.69, 9.17) is 0 Å². The molecule has 10 heteroatoms. The van der Waals surface area contributed by atoms with Gasteiger partial charge in [0.15, 0.2) is 0 Å². The lowest BCUT2D eigenvalue weighted by Crippen LogP contribution is -2.32. The van der Waals surface area contributed by atoms with Crippen molar-refractivity contribution in [2.45, 2.75) is 39.5 Å². The Bertz CT molecular complexity index is 1640. The van der Waals surface area contributed by atoms with Crippen LogP contribution in [0.25, 0.3) is 6.08 Å². The largest absolute Gasteiger partial charge is 0.374 e. The summed E-state index contributed by atoms with van der Waals surface area (Å²) < 4.78 is 0. The number of carbonyl (C=O) groups excluding carboxylic acids is 2. The fourth-order valence-electron chi connectivity index (χ4n) is 6.61. The Labute approximate surface area is 333 Å². The van der Waals surface area contributed by atoms with Crippen molar-refractivity contribution in [2.75, 3.05) is 97.0 Å². The monoisotopic (exact) mass is 770 g/mol. The highest BCUT2D eigenvalue weighted by Gasteiger charge is 2.15. The predicted molar refractivity (Wildman–Crippen MR) is 234 cm³/mol. The number of para-hydroxylation sites is 1. The van der Waals surface area contributed by atoms with Crippen molar-refractivity contribution in [2.24, 2.45) is 0 Å². The fraction of sp³-hybridized carbons (Fsp3) is 0.455. The number of allylic oxidation sites excluding steroid dienone is 10. The van der Waals surface area contributed by atoms with E-state index in [9.17, 15) is 9.59 Å². The van der Waals surface area contributed by atoms with Crippen molar-refractivity contribution in [3.05, 3.63) is 119 Å². The van der Waals surface area contributed by atoms with E-state index >= 15 is 0 Å². The Morgan fingerprint density at radius 3 is 1.85 bits per heavy atom. The molecule has 0 radical (unpaired) electrons. The first-order valence-electron chi connectivity index (χ1n) is 19.4. The molecule has 0 bridgehead atoms. The number of hydrogen-bond acceptors (Lipinski definition) is 8. The van der Waals surface area contributed by atoms with Crippen LogP contribution in [0.15, 0.2) is 114 Å². The number of hydrogen-bond donors (Lipinski definition) is 0. The van der Waals surface area contributed by atoms with Crippen LogP contribution in [0.5, 0.6) is 0 Å². The number of anilines is 1. The first-order valence-corrected chi connectivity index (χ1v) is 21.9. The molecule has 8 nitrogen and oxygen atoms in total. The van der Waals surface area contributed by atoms with Gasteiger partial charge in [-0.25, -0.2) is 0 Å². The summed E-state index contributed by atoms with van der Waals surface area (Å²) in [6.45, 7) is 11.4. The van der Waals surface area contributed by atoms with Crippen molar-refractivity contribution >= 4 is 45.2 Å². The molecular formula is C44H62N6O2S2. The lowest BCUT2D eigenvalue weighted by Gasteiger charge is -2.27. The third kappa shape index (κ3) is 13.4. The summed E-state index contributed by atoms with van der Waals surface area (Å²) >= 11 is 0. The summed E-state index contributed by atoms with van der Waals surface area (Å²) in [5, 5.41) is 0. The zero-order valence-corrected chi connectivity index (χ0v) is 35.1. The number of rotatable bonds is 21. The molecule has 2 aliphatic heterocycles. The van der Waals surface area contributed by atoms with Gasteiger partial charge in [-0.1, -0.05) is 82.3 Å². The van der Waals surface area contributed by atoms with E-state index in [1.807, 2.05) is 23.9 Å². The SMILES string of the molecule is CCN1CC=CC=C1/C=C/C1=C(N(C)CCCN(C)C(=O)CSSCC(=O)N(C)CCCN(C)c2ccccc2/C=C/C2=CC=CCN2CC)C=CCC1. The third-order valence-corrected chi connectivity index (χ3v) is 12.2. The van der Waals surface area contributed by atoms with E-state index in [0.29, 0.717) is 24.6 Å². The molecular weight excluding hydrogens is 709 g/mol. The van der Waals surface area contributed by atoms with Crippen LogP contribution in [0.4, 0.5) is 5.69 Å². The molecule has 1 aliphatic carbocycles. The molecule has 3 aliphatic rings. The van der Waals surface area contributed by atoms with Gasteiger partial charge in [0.05, 0.1) is 11.5 Å². The van der Waals surface area contributed by atoms with Gasteiger partial charge in [0.25, 0.3) is 0 Å². The minimum atomic E-state index is 0.0906. The van der Waals surface area contributed by atoms with Crippen molar-refractivity contribution in [3.8, 4) is 0 Å². The molecule has 0 saturated carbocycles. The number of benzene rings is 1. The normalized spacial score (nSPS) is 15.7. The molecule has 0 N–H and O–H groups in total. The van der Waals surface area contributed by atoms with Crippen LogP contribution in [-0.2, 0) is 9.59 Å². The molecule has 4 rings (SSSR count). The minimum absolute atomic E-state index is 0.0906. The maximum Gasteiger partial charge on any atom is 0.233 e. The zero-order chi connectivity index (χ0) is 38.7. The lowest BCUT2D eigenvalue weighted by molar-refractivity contribution is -0.128. The van der Waals surface area contributed by atoms with Crippen LogP contribution in [-0.4, -0.2) is 128 Å². The highest BCUT2D eigenvalue weighted by Crippen LogP contribution is 2.26. The first kappa shape index (κ1) is 42.7. The van der Waals surface area contributed by atoms with Crippen molar-refractivity contribution < 1.29 is 9.59 Å². The maximum atomic E-state index is 12.9. The van der Waals surface area contributed by atoms with Gasteiger partial charge in [-0.15, -0.1) is 0 Å². The molecule has 0 aromatic heterocycles. The van der Waals surface area contributed by atoms with Crippen molar-refractivity contribution in [3.63, 3.8) is 0 Å². The molecule has 54 heavy (non-hydrogen) atoms. The summed E-state index contributed by atoms with van der Waals surface area (Å²) in [4.78, 5) is 38.6. The quantitative estimate of drug-likeness (QED) is 0.0927. The van der Waals surface area contributed by atoms with E-state index < -0.39 is 0 Å². The Hall–Kier alpha value is -4.02. The Balaban J connectivity index is 1.12. The Morgan fingerprint density at radius 2 is 1.26 bits per heavy atom. The van der Waals surface area contributed by atoms with Gasteiger partial charge >= 0.3 is 0 Å². The zero-order valence-electron chi connectivity index (χ0n) is 33.5. The van der Waals surface area contributed by atoms with E-state index in [0.717, 1.165) is 65.0 Å². The van der Waals surface area contributed by atoms with Crippen LogP contribution in [0.2, 0.25) is 0 Å². The summed E-state index contributed by atoms with van der Waals surface area (Å²) in [7, 11) is 10.9. The van der Waals surface area contributed by atoms with Gasteiger partial charge in [-0.2, -0.15) is 0 Å². The standard InChI is InChI=1S/C44H62N6O2S2/c1-7-49-33-15-13-21-39(49)27-25-37-19-9-11-23-41(37)45(3)29-17-31-47(5)43(51)35-53-54-36-44(52)48(6)32-18-30-46(4)42-24-12-10-20-38(42)26-28-40-22-14-16-34-50(40)8-2/h9,11-16,19,21-28H,7-8,10,17-18,20,29-36H2,1-6H3/b27-25+,28-26+. The molecule has 0 spiro atoms. The minimum Gasteiger partial charge on any atom is -0.374 e. The van der Waals surface area contributed by atoms with E-state index in [1.165, 1.54) is 55.5 Å². The van der Waals surface area contributed by atoms with Gasteiger partial charge in [0, 0.05) is 103 Å². The highest BCUT2D eigenvalue weighted by molar-refractivity contribution is 8.77. The fourth-order valence-corrected chi connectivity index (χ4v) is 8.52. The molecule has 2 heterocycles. The van der Waals surface area contributed by atoms with Crippen LogP contribution in [0.3, 0.4) is 0 Å². The van der Waals surface area contributed by atoms with E-state index in [-0.39, 0.29) is 11.8 Å². The molecule has 292 valence electrons. The Kier molecular flexibility index (Phi) is 18.2. The van der Waals surface area contributed by atoms with Gasteiger partial charge in [0.1, 0.15) is 0 Å². The summed E-state index contributed by atoms with van der Waals surface area (Å²) in [6, 6.07) is 8.46. The number of amides is 2. The van der Waals surface area contributed by atoms with Gasteiger partial charge in [-0.05, 0) is 87.1 Å². The van der Waals surface area contributed by atoms with E-state index in [1.54, 1.807) is 0 Å². The topological polar surface area (TPSA) is 53.6 Å². The van der Waals surface area contributed by atoms with Crippen LogP contribution in [0.1, 0.15) is 45.1 Å². The second-order valence-electron chi connectivity index (χ2n) is 13.9. The van der Waals surface area contributed by atoms with Crippen LogP contribution < -0.4 is 4.90 Å². The van der Waals surface area contributed by atoms with Crippen molar-refractivity contribution in [1.29, 1.82) is 0 Å². The molecule has 0 atom stereocenters. The third-order valence-electron chi connectivity index (χ3n) is 10.1. The molecule has 0 saturated heterocycles. The average molecular weight is 771 g/mol. The van der Waals surface area contributed by atoms with Gasteiger partial charge in [-0.3, -0.25) is 9.59 Å². The number of carbonyl (C=O) groups is 2. The smallest absolute Gasteiger partial charge is 0.233 e. The number of nitrogens with zero attached hydrogens (tertiary/aromatic N) is 6. The second-order valence-corrected chi connectivity index (χ2v) is 16.4. The maximum absolute atomic E-state index is 12.9. The summed E-state index contributed by atoms with van der Waals surface area (Å²) in [5.41, 5.74) is 7.46. The average Bonchev–Trinajstić information content (AvgIpc) is 3.20. The molecule has 0 unspecified atom stereocenters. The van der Waals surface area contributed by atoms with Crippen LogP contribution >= 0.6 is 21.6 Å². The molecule has 1 aromatic carbocycles. The van der Waals surface area contributed by atoms with E-state index in [2.05, 4.69) is 145 Å². The van der Waals surface area contributed by atoms with Gasteiger partial charge in [0.2, 0.25) is 11.8 Å². The summed E-state index contributed by atoms with van der Waals surface area (Å²) in [5.74, 6) is 0.906. The number of likely N-dealkylation sites (N-methyl/N-ethyl adjacent to an activating group) is 3. The van der Waals surface area contributed by atoms with Crippen molar-refractivity contribution in [1.82, 2.24) is 24.5 Å². The molecule has 2 amide bonds. The summed E-state index contributed by atoms with van der Waals surface area (Å²) in [6.07, 6.45) is 30.2. The first-order chi connectivity index (χ1) is 26.2. The second kappa shape index (κ2) is 23.0. The predicted octanol–water partition coefficient (Wildman–Crippen LogP) is 7.86. The highest BCUT2D eigenvalue weighted by atomic mass is 33.1.